The third-order valence-electron chi connectivity index (χ3n) is 4.47. The monoisotopic (exact) mass is 290 g/mol. The second kappa shape index (κ2) is 7.57. The van der Waals surface area contributed by atoms with E-state index >= 15 is 0 Å². The molecule has 1 heterocycles. The van der Waals surface area contributed by atoms with E-state index < -0.39 is 0 Å². The van der Waals surface area contributed by atoms with Crippen molar-refractivity contribution in [3.05, 3.63) is 35.9 Å². The number of amides is 1. The molecule has 2 unspecified atom stereocenters. The van der Waals surface area contributed by atoms with Crippen LogP contribution in [-0.4, -0.2) is 35.1 Å². The highest BCUT2D eigenvalue weighted by Crippen LogP contribution is 2.22. The maximum Gasteiger partial charge on any atom is 0.222 e. The Labute approximate surface area is 126 Å². The summed E-state index contributed by atoms with van der Waals surface area (Å²) in [4.78, 5) is 14.1. The first-order valence-corrected chi connectivity index (χ1v) is 7.84. The van der Waals surface area contributed by atoms with Crippen LogP contribution in [0.15, 0.2) is 30.3 Å². The summed E-state index contributed by atoms with van der Waals surface area (Å²) in [6.07, 6.45) is 2.70. The van der Waals surface area contributed by atoms with Crippen LogP contribution in [-0.2, 0) is 4.79 Å². The standard InChI is InChI=1S/C17H26N2O2/c1-13(20)14-9-11-19(12-10-14)17(21)8-7-16(18)15-5-3-2-4-6-15/h2-6,13-14,16,20H,7-12,18H2,1H3. The molecule has 0 saturated carbocycles. The van der Waals surface area contributed by atoms with Crippen molar-refractivity contribution in [2.24, 2.45) is 11.7 Å². The molecule has 1 amide bonds. The van der Waals surface area contributed by atoms with Crippen LogP contribution in [0.3, 0.4) is 0 Å². The van der Waals surface area contributed by atoms with Crippen LogP contribution in [0.4, 0.5) is 0 Å². The van der Waals surface area contributed by atoms with Crippen molar-refractivity contribution >= 4 is 5.91 Å². The van der Waals surface area contributed by atoms with E-state index in [0.29, 0.717) is 18.8 Å². The number of carbonyl (C=O) groups excluding carboxylic acids is 1. The zero-order valence-corrected chi connectivity index (χ0v) is 12.7. The van der Waals surface area contributed by atoms with Gasteiger partial charge in [-0.3, -0.25) is 4.79 Å². The molecule has 21 heavy (non-hydrogen) atoms. The number of piperidine rings is 1. The van der Waals surface area contributed by atoms with Gasteiger partial charge in [-0.05, 0) is 37.7 Å². The Morgan fingerprint density at radius 2 is 1.95 bits per heavy atom. The summed E-state index contributed by atoms with van der Waals surface area (Å²) in [6.45, 7) is 3.35. The van der Waals surface area contributed by atoms with Crippen molar-refractivity contribution in [1.29, 1.82) is 0 Å². The number of aliphatic hydroxyl groups excluding tert-OH is 1. The number of likely N-dealkylation sites (tertiary alicyclic amines) is 1. The Morgan fingerprint density at radius 1 is 1.33 bits per heavy atom. The fourth-order valence-corrected chi connectivity index (χ4v) is 2.94. The van der Waals surface area contributed by atoms with Gasteiger partial charge in [0.25, 0.3) is 0 Å². The number of nitrogens with zero attached hydrogens (tertiary/aromatic N) is 1. The van der Waals surface area contributed by atoms with Crippen LogP contribution < -0.4 is 5.73 Å². The molecule has 1 aliphatic heterocycles. The number of hydrogen-bond acceptors (Lipinski definition) is 3. The molecule has 0 bridgehead atoms. The molecule has 1 aromatic carbocycles. The van der Waals surface area contributed by atoms with Crippen LogP contribution >= 0.6 is 0 Å². The number of nitrogens with two attached hydrogens (primary N) is 1. The van der Waals surface area contributed by atoms with Crippen LogP contribution in [0, 0.1) is 5.92 Å². The average Bonchev–Trinajstić information content (AvgIpc) is 2.53. The van der Waals surface area contributed by atoms with E-state index in [9.17, 15) is 9.90 Å². The molecule has 0 aromatic heterocycles. The van der Waals surface area contributed by atoms with Gasteiger partial charge >= 0.3 is 0 Å². The maximum absolute atomic E-state index is 12.2. The van der Waals surface area contributed by atoms with Gasteiger partial charge in [0.1, 0.15) is 0 Å². The van der Waals surface area contributed by atoms with E-state index in [0.717, 1.165) is 31.5 Å². The van der Waals surface area contributed by atoms with Gasteiger partial charge in [-0.1, -0.05) is 30.3 Å². The quantitative estimate of drug-likeness (QED) is 0.872. The molecule has 3 N–H and O–H groups in total. The molecule has 0 spiro atoms. The summed E-state index contributed by atoms with van der Waals surface area (Å²) in [5, 5.41) is 9.58. The van der Waals surface area contributed by atoms with E-state index in [1.165, 1.54) is 0 Å². The third-order valence-corrected chi connectivity index (χ3v) is 4.47. The lowest BCUT2D eigenvalue weighted by Gasteiger charge is -2.33. The molecule has 1 aromatic rings. The summed E-state index contributed by atoms with van der Waals surface area (Å²) in [5.41, 5.74) is 7.21. The first-order chi connectivity index (χ1) is 10.1. The van der Waals surface area contributed by atoms with Gasteiger partial charge in [-0.25, -0.2) is 0 Å². The van der Waals surface area contributed by atoms with E-state index in [-0.39, 0.29) is 18.1 Å². The van der Waals surface area contributed by atoms with Crippen molar-refractivity contribution < 1.29 is 9.90 Å². The average molecular weight is 290 g/mol. The van der Waals surface area contributed by atoms with Crippen LogP contribution in [0.5, 0.6) is 0 Å². The predicted molar refractivity (Wildman–Crippen MR) is 83.6 cm³/mol. The lowest BCUT2D eigenvalue weighted by molar-refractivity contribution is -0.133. The van der Waals surface area contributed by atoms with Gasteiger partial charge in [-0.15, -0.1) is 0 Å². The van der Waals surface area contributed by atoms with Gasteiger partial charge < -0.3 is 15.7 Å². The number of rotatable bonds is 5. The summed E-state index contributed by atoms with van der Waals surface area (Å²) in [7, 11) is 0. The van der Waals surface area contributed by atoms with Crippen LogP contribution in [0.25, 0.3) is 0 Å². The third kappa shape index (κ3) is 4.55. The second-order valence-corrected chi connectivity index (χ2v) is 6.01. The molecule has 1 fully saturated rings. The first-order valence-electron chi connectivity index (χ1n) is 7.84. The molecule has 0 radical (unpaired) electrons. The molecule has 1 aliphatic rings. The van der Waals surface area contributed by atoms with Gasteiger partial charge in [0.15, 0.2) is 0 Å². The van der Waals surface area contributed by atoms with Crippen LogP contribution in [0.2, 0.25) is 0 Å². The molecule has 4 nitrogen and oxygen atoms in total. The van der Waals surface area contributed by atoms with Crippen molar-refractivity contribution in [3.63, 3.8) is 0 Å². The zero-order valence-electron chi connectivity index (χ0n) is 12.7. The van der Waals surface area contributed by atoms with Crippen molar-refractivity contribution in [2.75, 3.05) is 13.1 Å². The Balaban J connectivity index is 1.75. The normalized spacial score (nSPS) is 19.3. The molecule has 4 heteroatoms. The highest BCUT2D eigenvalue weighted by Gasteiger charge is 2.25. The smallest absolute Gasteiger partial charge is 0.222 e. The van der Waals surface area contributed by atoms with E-state index in [4.69, 9.17) is 5.73 Å². The fourth-order valence-electron chi connectivity index (χ4n) is 2.94. The van der Waals surface area contributed by atoms with Crippen molar-refractivity contribution in [1.82, 2.24) is 4.90 Å². The minimum Gasteiger partial charge on any atom is -0.393 e. The fraction of sp³-hybridized carbons (Fsp3) is 0.588. The van der Waals surface area contributed by atoms with Gasteiger partial charge in [0.2, 0.25) is 5.91 Å². The SMILES string of the molecule is CC(O)C1CCN(C(=O)CCC(N)c2ccccc2)CC1. The Kier molecular flexibility index (Phi) is 5.76. The van der Waals surface area contributed by atoms with Gasteiger partial charge in [0, 0.05) is 25.6 Å². The Hall–Kier alpha value is -1.39. The molecule has 116 valence electrons. The summed E-state index contributed by atoms with van der Waals surface area (Å²) >= 11 is 0. The van der Waals surface area contributed by atoms with Gasteiger partial charge in [-0.2, -0.15) is 0 Å². The molecular formula is C17H26N2O2. The van der Waals surface area contributed by atoms with Crippen molar-refractivity contribution in [3.8, 4) is 0 Å². The summed E-state index contributed by atoms with van der Waals surface area (Å²) in [6, 6.07) is 9.83. The molecule has 1 saturated heterocycles. The highest BCUT2D eigenvalue weighted by molar-refractivity contribution is 5.76. The largest absolute Gasteiger partial charge is 0.393 e. The minimum absolute atomic E-state index is 0.0786. The highest BCUT2D eigenvalue weighted by atomic mass is 16.3. The van der Waals surface area contributed by atoms with Crippen molar-refractivity contribution in [2.45, 2.75) is 44.8 Å². The Morgan fingerprint density at radius 3 is 2.52 bits per heavy atom. The topological polar surface area (TPSA) is 66.6 Å². The van der Waals surface area contributed by atoms with E-state index in [1.54, 1.807) is 0 Å². The molecular weight excluding hydrogens is 264 g/mol. The van der Waals surface area contributed by atoms with E-state index in [1.807, 2.05) is 42.2 Å². The first kappa shape index (κ1) is 16.0. The lowest BCUT2D eigenvalue weighted by Crippen LogP contribution is -2.40. The van der Waals surface area contributed by atoms with Crippen LogP contribution in [0.1, 0.15) is 44.2 Å². The number of aliphatic hydroxyl groups is 1. The van der Waals surface area contributed by atoms with Gasteiger partial charge in [0.05, 0.1) is 6.10 Å². The number of benzene rings is 1. The van der Waals surface area contributed by atoms with E-state index in [2.05, 4.69) is 0 Å². The number of carbonyl (C=O) groups is 1. The predicted octanol–water partition coefficient (Wildman–Crippen LogP) is 2.09. The minimum atomic E-state index is -0.270. The molecule has 2 rings (SSSR count). The lowest BCUT2D eigenvalue weighted by atomic mass is 9.92. The molecule has 2 atom stereocenters. The molecule has 0 aliphatic carbocycles. The number of hydrogen-bond donors (Lipinski definition) is 2. The second-order valence-electron chi connectivity index (χ2n) is 6.01. The summed E-state index contributed by atoms with van der Waals surface area (Å²) < 4.78 is 0. The summed E-state index contributed by atoms with van der Waals surface area (Å²) in [5.74, 6) is 0.519. The zero-order chi connectivity index (χ0) is 15.2. The Bertz CT molecular complexity index is 439. The maximum atomic E-state index is 12.2.